The standard InChI is InChI=1S/C14H21N3O2S/c1-2-4-11(15)13(18)16-6-8-17(9-7-16)14(19)12-5-3-10-20-12/h3,5,10-11H,2,4,6-9,15H2,1H3. The molecule has 2 heterocycles. The van der Waals surface area contributed by atoms with Crippen LogP contribution >= 0.6 is 11.3 Å². The van der Waals surface area contributed by atoms with Crippen LogP contribution in [0.4, 0.5) is 0 Å². The highest BCUT2D eigenvalue weighted by atomic mass is 32.1. The summed E-state index contributed by atoms with van der Waals surface area (Å²) in [5, 5.41) is 1.90. The van der Waals surface area contributed by atoms with Crippen LogP contribution in [0, 0.1) is 0 Å². The molecular formula is C14H21N3O2S. The lowest BCUT2D eigenvalue weighted by molar-refractivity contribution is -0.134. The number of hydrogen-bond donors (Lipinski definition) is 1. The molecule has 0 bridgehead atoms. The van der Waals surface area contributed by atoms with Crippen molar-refractivity contribution < 1.29 is 9.59 Å². The molecule has 0 radical (unpaired) electrons. The van der Waals surface area contributed by atoms with E-state index >= 15 is 0 Å². The lowest BCUT2D eigenvalue weighted by Gasteiger charge is -2.35. The van der Waals surface area contributed by atoms with Crippen LogP contribution in [-0.2, 0) is 4.79 Å². The van der Waals surface area contributed by atoms with E-state index in [1.54, 1.807) is 9.80 Å². The van der Waals surface area contributed by atoms with Gasteiger partial charge in [-0.15, -0.1) is 11.3 Å². The molecule has 0 aromatic carbocycles. The van der Waals surface area contributed by atoms with Crippen LogP contribution in [0.25, 0.3) is 0 Å². The number of carbonyl (C=O) groups excluding carboxylic acids is 2. The number of nitrogens with two attached hydrogens (primary N) is 1. The third-order valence-corrected chi connectivity index (χ3v) is 4.39. The van der Waals surface area contributed by atoms with Gasteiger partial charge in [-0.05, 0) is 17.9 Å². The fraction of sp³-hybridized carbons (Fsp3) is 0.571. The molecule has 1 atom stereocenters. The minimum Gasteiger partial charge on any atom is -0.338 e. The first-order valence-electron chi connectivity index (χ1n) is 7.00. The van der Waals surface area contributed by atoms with Crippen molar-refractivity contribution >= 4 is 23.2 Å². The minimum absolute atomic E-state index is 0.00933. The molecule has 6 heteroatoms. The Morgan fingerprint density at radius 1 is 1.30 bits per heavy atom. The van der Waals surface area contributed by atoms with Crippen molar-refractivity contribution in [3.63, 3.8) is 0 Å². The molecular weight excluding hydrogens is 274 g/mol. The first-order valence-corrected chi connectivity index (χ1v) is 7.88. The van der Waals surface area contributed by atoms with Crippen molar-refractivity contribution in [2.45, 2.75) is 25.8 Å². The van der Waals surface area contributed by atoms with Crippen LogP contribution in [-0.4, -0.2) is 53.8 Å². The molecule has 2 N–H and O–H groups in total. The molecule has 1 saturated heterocycles. The van der Waals surface area contributed by atoms with Gasteiger partial charge in [0, 0.05) is 26.2 Å². The maximum atomic E-state index is 12.2. The smallest absolute Gasteiger partial charge is 0.264 e. The van der Waals surface area contributed by atoms with Crippen molar-refractivity contribution in [1.82, 2.24) is 9.80 Å². The minimum atomic E-state index is -0.403. The van der Waals surface area contributed by atoms with Crippen LogP contribution in [0.5, 0.6) is 0 Å². The SMILES string of the molecule is CCCC(N)C(=O)N1CCN(C(=O)c2cccs2)CC1. The fourth-order valence-corrected chi connectivity index (χ4v) is 3.05. The van der Waals surface area contributed by atoms with Crippen molar-refractivity contribution in [3.05, 3.63) is 22.4 Å². The molecule has 1 aliphatic rings. The zero-order chi connectivity index (χ0) is 14.5. The van der Waals surface area contributed by atoms with Crippen molar-refractivity contribution in [1.29, 1.82) is 0 Å². The van der Waals surface area contributed by atoms with Gasteiger partial charge in [-0.2, -0.15) is 0 Å². The van der Waals surface area contributed by atoms with Gasteiger partial charge in [0.1, 0.15) is 0 Å². The van der Waals surface area contributed by atoms with E-state index in [0.717, 1.165) is 11.3 Å². The topological polar surface area (TPSA) is 66.6 Å². The molecule has 0 saturated carbocycles. The monoisotopic (exact) mass is 295 g/mol. The quantitative estimate of drug-likeness (QED) is 0.906. The number of rotatable bonds is 4. The summed E-state index contributed by atoms with van der Waals surface area (Å²) in [7, 11) is 0. The fourth-order valence-electron chi connectivity index (χ4n) is 2.36. The number of nitrogens with zero attached hydrogens (tertiary/aromatic N) is 2. The second-order valence-corrected chi connectivity index (χ2v) is 5.94. The lowest BCUT2D eigenvalue weighted by Crippen LogP contribution is -2.54. The third kappa shape index (κ3) is 3.37. The number of amides is 2. The van der Waals surface area contributed by atoms with Crippen LogP contribution in [0.2, 0.25) is 0 Å². The van der Waals surface area contributed by atoms with Crippen molar-refractivity contribution in [2.75, 3.05) is 26.2 Å². The maximum Gasteiger partial charge on any atom is 0.264 e. The summed E-state index contributed by atoms with van der Waals surface area (Å²) in [6.45, 7) is 4.34. The Morgan fingerprint density at radius 3 is 2.50 bits per heavy atom. The third-order valence-electron chi connectivity index (χ3n) is 3.53. The Kier molecular flexibility index (Phi) is 5.14. The average Bonchev–Trinajstić information content (AvgIpc) is 3.00. The summed E-state index contributed by atoms with van der Waals surface area (Å²) < 4.78 is 0. The van der Waals surface area contributed by atoms with E-state index < -0.39 is 6.04 Å². The highest BCUT2D eigenvalue weighted by Gasteiger charge is 2.27. The van der Waals surface area contributed by atoms with Crippen molar-refractivity contribution in [3.8, 4) is 0 Å². The van der Waals surface area contributed by atoms with E-state index in [1.807, 2.05) is 24.4 Å². The molecule has 1 fully saturated rings. The van der Waals surface area contributed by atoms with Crippen LogP contribution in [0.1, 0.15) is 29.4 Å². The van der Waals surface area contributed by atoms with E-state index in [2.05, 4.69) is 0 Å². The molecule has 110 valence electrons. The number of hydrogen-bond acceptors (Lipinski definition) is 4. The van der Waals surface area contributed by atoms with Gasteiger partial charge in [-0.1, -0.05) is 19.4 Å². The van der Waals surface area contributed by atoms with Gasteiger partial charge in [0.05, 0.1) is 10.9 Å². The summed E-state index contributed by atoms with van der Waals surface area (Å²) in [5.41, 5.74) is 5.86. The van der Waals surface area contributed by atoms with Gasteiger partial charge in [0.15, 0.2) is 0 Å². The predicted molar refractivity (Wildman–Crippen MR) is 79.7 cm³/mol. The second kappa shape index (κ2) is 6.85. The number of piperazine rings is 1. The summed E-state index contributed by atoms with van der Waals surface area (Å²) in [4.78, 5) is 28.6. The van der Waals surface area contributed by atoms with E-state index in [0.29, 0.717) is 32.6 Å². The maximum absolute atomic E-state index is 12.2. The van der Waals surface area contributed by atoms with E-state index in [9.17, 15) is 9.59 Å². The molecule has 0 spiro atoms. The Bertz CT molecular complexity index is 453. The summed E-state index contributed by atoms with van der Waals surface area (Å²) in [6, 6.07) is 3.31. The van der Waals surface area contributed by atoms with Gasteiger partial charge in [-0.25, -0.2) is 0 Å². The van der Waals surface area contributed by atoms with Gasteiger partial charge >= 0.3 is 0 Å². The predicted octanol–water partition coefficient (Wildman–Crippen LogP) is 1.16. The Hall–Kier alpha value is -1.40. The average molecular weight is 295 g/mol. The summed E-state index contributed by atoms with van der Waals surface area (Å²) >= 11 is 1.45. The van der Waals surface area contributed by atoms with Crippen LogP contribution in [0.15, 0.2) is 17.5 Å². The molecule has 0 aliphatic carbocycles. The molecule has 1 aliphatic heterocycles. The Labute approximate surface area is 123 Å². The molecule has 1 unspecified atom stereocenters. The second-order valence-electron chi connectivity index (χ2n) is 4.99. The van der Waals surface area contributed by atoms with E-state index in [-0.39, 0.29) is 11.8 Å². The summed E-state index contributed by atoms with van der Waals surface area (Å²) in [6.07, 6.45) is 1.62. The molecule has 2 amide bonds. The van der Waals surface area contributed by atoms with Gasteiger partial charge < -0.3 is 15.5 Å². The first kappa shape index (κ1) is 15.0. The highest BCUT2D eigenvalue weighted by molar-refractivity contribution is 7.12. The molecule has 5 nitrogen and oxygen atoms in total. The molecule has 2 rings (SSSR count). The molecule has 1 aromatic heterocycles. The Morgan fingerprint density at radius 2 is 1.95 bits per heavy atom. The molecule has 1 aromatic rings. The lowest BCUT2D eigenvalue weighted by atomic mass is 10.1. The van der Waals surface area contributed by atoms with Gasteiger partial charge in [-0.3, -0.25) is 9.59 Å². The van der Waals surface area contributed by atoms with E-state index in [4.69, 9.17) is 5.73 Å². The summed E-state index contributed by atoms with van der Waals surface area (Å²) in [5.74, 6) is 0.0695. The Balaban J connectivity index is 1.86. The van der Waals surface area contributed by atoms with Crippen LogP contribution < -0.4 is 5.73 Å². The normalized spacial score (nSPS) is 17.1. The van der Waals surface area contributed by atoms with Crippen LogP contribution in [0.3, 0.4) is 0 Å². The van der Waals surface area contributed by atoms with Gasteiger partial charge in [0.2, 0.25) is 5.91 Å². The zero-order valence-electron chi connectivity index (χ0n) is 11.7. The van der Waals surface area contributed by atoms with E-state index in [1.165, 1.54) is 11.3 Å². The largest absolute Gasteiger partial charge is 0.338 e. The number of carbonyl (C=O) groups is 2. The molecule has 20 heavy (non-hydrogen) atoms. The number of thiophene rings is 1. The van der Waals surface area contributed by atoms with Gasteiger partial charge in [0.25, 0.3) is 5.91 Å². The first-order chi connectivity index (χ1) is 9.63. The van der Waals surface area contributed by atoms with Crippen molar-refractivity contribution in [2.24, 2.45) is 5.73 Å². The zero-order valence-corrected chi connectivity index (χ0v) is 12.6. The highest BCUT2D eigenvalue weighted by Crippen LogP contribution is 2.14.